The molecule has 8 aliphatic rings. The highest BCUT2D eigenvalue weighted by molar-refractivity contribution is 7.06. The molecule has 0 saturated heterocycles. The van der Waals surface area contributed by atoms with Crippen molar-refractivity contribution < 1.29 is 0 Å². The number of nitrogens with zero attached hydrogens (tertiary/aromatic N) is 6. The first kappa shape index (κ1) is 63.6. The van der Waals surface area contributed by atoms with Gasteiger partial charge in [0.25, 0.3) is 26.9 Å². The molecule has 0 fully saturated rings. The van der Waals surface area contributed by atoms with Crippen LogP contribution in [0.5, 0.6) is 0 Å². The number of hydrogen-bond donors (Lipinski definition) is 0. The minimum atomic E-state index is 0.0861. The fraction of sp³-hybridized carbons (Fsp3) is 0.134. The van der Waals surface area contributed by atoms with Gasteiger partial charge in [-0.05, 0) is 320 Å². The highest BCUT2D eigenvalue weighted by atomic mass is 15.2. The van der Waals surface area contributed by atoms with Gasteiger partial charge < -0.3 is 29.4 Å². The summed E-state index contributed by atoms with van der Waals surface area (Å²) in [6.45, 7) is 29.5. The van der Waals surface area contributed by atoms with Gasteiger partial charge in [-0.2, -0.15) is 0 Å². The summed E-state index contributed by atoms with van der Waals surface area (Å²) < 4.78 is 0. The predicted octanol–water partition coefficient (Wildman–Crippen LogP) is 16.8. The number of hydrogen-bond acceptors (Lipinski definition) is 6. The minimum Gasteiger partial charge on any atom is -0.312 e. The van der Waals surface area contributed by atoms with Gasteiger partial charge in [0.15, 0.2) is 0 Å². The molecular weight excluding hydrogens is 1290 g/mol. The second kappa shape index (κ2) is 23.1. The molecule has 0 amide bonds. The zero-order valence-corrected chi connectivity index (χ0v) is 63.2. The highest BCUT2D eigenvalue weighted by Gasteiger charge is 2.55. The SMILES string of the molecule is Cc1cc(C)cc(N2c3ccccc3B3c4cc(C)ccc4N4c5ccc(C)cc5B5c6ccccc6N(c6cc(C)cc(C)c6)c6c(C)c2c3c4c65)c1.Cc1cccc(N2c3cc(C)ccc3B3c4ccc(C)cc4N4c5cc(C)ccc5B5c6ccc(C)cc6N(c6cccc(C)c6)c6cc2c3c4c65)c1. The van der Waals surface area contributed by atoms with Gasteiger partial charge in [0.05, 0.1) is 0 Å². The Kier molecular flexibility index (Phi) is 13.7. The smallest absolute Gasteiger partial charge is 0.252 e. The molecule has 0 radical (unpaired) electrons. The van der Waals surface area contributed by atoms with E-state index in [0.717, 1.165) is 0 Å². The van der Waals surface area contributed by atoms with Crippen molar-refractivity contribution in [2.24, 2.45) is 0 Å². The Balaban J connectivity index is 0.000000137. The van der Waals surface area contributed by atoms with E-state index in [9.17, 15) is 0 Å². The molecule has 107 heavy (non-hydrogen) atoms. The van der Waals surface area contributed by atoms with Crippen molar-refractivity contribution in [2.45, 2.75) is 90.0 Å². The maximum Gasteiger partial charge on any atom is 0.252 e. The molecule has 0 N–H and O–H groups in total. The Labute approximate surface area is 631 Å². The Morgan fingerprint density at radius 3 is 0.860 bits per heavy atom. The quantitative estimate of drug-likeness (QED) is 0.162. The van der Waals surface area contributed by atoms with Crippen LogP contribution < -0.4 is 95.0 Å². The minimum absolute atomic E-state index is 0.0861. The topological polar surface area (TPSA) is 19.4 Å². The largest absolute Gasteiger partial charge is 0.312 e. The van der Waals surface area contributed by atoms with Crippen molar-refractivity contribution in [3.63, 3.8) is 0 Å². The fourth-order valence-electron chi connectivity index (χ4n) is 20.5. The maximum atomic E-state index is 2.65. The zero-order valence-electron chi connectivity index (χ0n) is 63.2. The van der Waals surface area contributed by atoms with Crippen LogP contribution in [-0.2, 0) is 0 Å². The van der Waals surface area contributed by atoms with Gasteiger partial charge in [0, 0.05) is 102 Å². The molecule has 510 valence electrons. The van der Waals surface area contributed by atoms with Crippen molar-refractivity contribution in [1.29, 1.82) is 0 Å². The highest BCUT2D eigenvalue weighted by Crippen LogP contribution is 2.54. The van der Waals surface area contributed by atoms with Gasteiger partial charge in [-0.15, -0.1) is 0 Å². The van der Waals surface area contributed by atoms with Crippen molar-refractivity contribution >= 4 is 195 Å². The molecule has 8 heterocycles. The van der Waals surface area contributed by atoms with E-state index in [2.05, 4.69) is 368 Å². The molecule has 0 spiro atoms. The second-order valence-corrected chi connectivity index (χ2v) is 32.2. The summed E-state index contributed by atoms with van der Waals surface area (Å²) in [5.74, 6) is 0. The molecule has 0 bridgehead atoms. The van der Waals surface area contributed by atoms with Crippen LogP contribution in [0.3, 0.4) is 0 Å². The molecular formula is C97H80B4N6. The maximum absolute atomic E-state index is 2.65. The van der Waals surface area contributed by atoms with Gasteiger partial charge in [-0.3, -0.25) is 0 Å². The van der Waals surface area contributed by atoms with Gasteiger partial charge in [0.1, 0.15) is 0 Å². The van der Waals surface area contributed by atoms with Gasteiger partial charge in [-0.1, -0.05) is 157 Å². The number of aryl methyl sites for hydroxylation is 12. The van der Waals surface area contributed by atoms with Crippen LogP contribution >= 0.6 is 0 Å². The summed E-state index contributed by atoms with van der Waals surface area (Å²) in [5.41, 5.74) is 55.9. The first-order valence-corrected chi connectivity index (χ1v) is 38.3. The lowest BCUT2D eigenvalue weighted by Gasteiger charge is -2.52. The predicted molar refractivity (Wildman–Crippen MR) is 461 cm³/mol. The lowest BCUT2D eigenvalue weighted by molar-refractivity contribution is 1.19. The van der Waals surface area contributed by atoms with Crippen molar-refractivity contribution in [3.05, 3.63) is 321 Å². The molecule has 0 aromatic heterocycles. The molecule has 0 aliphatic carbocycles. The zero-order chi connectivity index (χ0) is 72.6. The van der Waals surface area contributed by atoms with E-state index < -0.39 is 0 Å². The Bertz CT molecular complexity index is 5880. The standard InChI is InChI=1S/C49H41B2N3.C48H39B2N3/c1-28-16-18-43-39(26-28)50-37-12-8-10-14-41(37)52(35-22-30(3)20-31(4)23-35)47-34(7)48-46-49(45(47)50)54(43)44-19-17-29(2)27-40(44)51(46)38-13-9-11-15-42(38)53(48)36-24-32(5)21-33(6)25-36;1-28-9-7-11-34(21-28)51-40-23-30(3)13-17-36(40)49-38-19-15-32(5)25-42(38)53-43-26-33(6)16-20-39(43)50-37-18-14-31(4)24-41(37)52(35-12-8-10-29(2)22-35)45-27-44(51)46(49)48(53)47(45)50/h8-27H,1-7H3;7-27H,1-6H3. The van der Waals surface area contributed by atoms with Crippen LogP contribution in [0.2, 0.25) is 0 Å². The van der Waals surface area contributed by atoms with Crippen LogP contribution in [0.1, 0.15) is 72.3 Å². The monoisotopic (exact) mass is 1370 g/mol. The normalized spacial score (nSPS) is 14.0. The van der Waals surface area contributed by atoms with Crippen molar-refractivity contribution in [3.8, 4) is 0 Å². The third kappa shape index (κ3) is 9.11. The number of anilines is 18. The number of benzene rings is 14. The van der Waals surface area contributed by atoms with Gasteiger partial charge in [-0.25, -0.2) is 0 Å². The molecule has 0 atom stereocenters. The molecule has 6 nitrogen and oxygen atoms in total. The Morgan fingerprint density at radius 1 is 0.168 bits per heavy atom. The molecule has 0 saturated carbocycles. The van der Waals surface area contributed by atoms with E-state index in [1.807, 2.05) is 0 Å². The van der Waals surface area contributed by atoms with Crippen LogP contribution in [0.15, 0.2) is 249 Å². The van der Waals surface area contributed by atoms with E-state index >= 15 is 0 Å². The lowest BCUT2D eigenvalue weighted by atomic mass is 9.28. The summed E-state index contributed by atoms with van der Waals surface area (Å²) in [4.78, 5) is 15.6. The molecule has 10 heteroatoms. The van der Waals surface area contributed by atoms with E-state index in [-0.39, 0.29) is 26.9 Å². The van der Waals surface area contributed by atoms with Gasteiger partial charge in [0.2, 0.25) is 0 Å². The van der Waals surface area contributed by atoms with E-state index in [1.165, 1.54) is 240 Å². The van der Waals surface area contributed by atoms with Crippen molar-refractivity contribution in [2.75, 3.05) is 29.4 Å². The fourth-order valence-corrected chi connectivity index (χ4v) is 20.5. The van der Waals surface area contributed by atoms with E-state index in [1.54, 1.807) is 0 Å². The molecule has 22 rings (SSSR count). The van der Waals surface area contributed by atoms with Crippen LogP contribution in [0.4, 0.5) is 102 Å². The number of para-hydroxylation sites is 2. The van der Waals surface area contributed by atoms with Crippen molar-refractivity contribution in [1.82, 2.24) is 0 Å². The Hall–Kier alpha value is -11.9. The Morgan fingerprint density at radius 2 is 0.467 bits per heavy atom. The van der Waals surface area contributed by atoms with Gasteiger partial charge >= 0.3 is 0 Å². The third-order valence-corrected chi connectivity index (χ3v) is 24.4. The number of fused-ring (bicyclic) bond motifs is 20. The van der Waals surface area contributed by atoms with E-state index in [4.69, 9.17) is 0 Å². The molecule has 14 aromatic carbocycles. The summed E-state index contributed by atoms with van der Waals surface area (Å²) in [6.07, 6.45) is 0. The molecule has 14 aromatic rings. The second-order valence-electron chi connectivity index (χ2n) is 32.2. The first-order valence-electron chi connectivity index (χ1n) is 38.3. The summed E-state index contributed by atoms with van der Waals surface area (Å²) >= 11 is 0. The molecule has 8 aliphatic heterocycles. The van der Waals surface area contributed by atoms with Crippen LogP contribution in [0.25, 0.3) is 0 Å². The summed E-state index contributed by atoms with van der Waals surface area (Å²) in [6, 6.07) is 95.9. The summed E-state index contributed by atoms with van der Waals surface area (Å²) in [5, 5.41) is 0. The lowest BCUT2D eigenvalue weighted by Crippen LogP contribution is -2.69. The van der Waals surface area contributed by atoms with E-state index in [0.29, 0.717) is 0 Å². The van der Waals surface area contributed by atoms with Crippen LogP contribution in [0, 0.1) is 90.0 Å². The average Bonchev–Trinajstić information content (AvgIpc) is 0.673. The average molecular weight is 1370 g/mol. The molecule has 0 unspecified atom stereocenters. The third-order valence-electron chi connectivity index (χ3n) is 24.4. The van der Waals surface area contributed by atoms with Crippen LogP contribution in [-0.4, -0.2) is 26.9 Å². The first-order chi connectivity index (χ1) is 51.9. The number of rotatable bonds is 4. The summed E-state index contributed by atoms with van der Waals surface area (Å²) in [7, 11) is 0.